The summed E-state index contributed by atoms with van der Waals surface area (Å²) in [4.78, 5) is 8.90. The van der Waals surface area contributed by atoms with Crippen molar-refractivity contribution in [3.05, 3.63) is 29.8 Å². The molecule has 0 aliphatic rings. The van der Waals surface area contributed by atoms with E-state index >= 15 is 0 Å². The number of phenolic OH excluding ortho intramolecular Hbond substituents is 1. The second-order valence-corrected chi connectivity index (χ2v) is 2.90. The lowest BCUT2D eigenvalue weighted by Crippen LogP contribution is -2.21. The van der Waals surface area contributed by atoms with Crippen molar-refractivity contribution < 1.29 is 32.9 Å². The molecule has 0 bridgehead atoms. The molecule has 4 nitrogen and oxygen atoms in total. The molecule has 0 unspecified atom stereocenters. The molecule has 0 saturated heterocycles. The number of carboxylic acids is 1. The summed E-state index contributed by atoms with van der Waals surface area (Å²) in [5.74, 6) is -2.47. The van der Waals surface area contributed by atoms with Crippen LogP contribution in [0.3, 0.4) is 0 Å². The molecule has 0 fully saturated rings. The highest BCUT2D eigenvalue weighted by atomic mass is 19.4. The Bertz CT molecular complexity index is 346. The van der Waals surface area contributed by atoms with E-state index in [0.29, 0.717) is 12.4 Å². The summed E-state index contributed by atoms with van der Waals surface area (Å²) in [7, 11) is 1.65. The predicted molar refractivity (Wildman–Crippen MR) is 52.5 cm³/mol. The number of aliphatic carboxylic acids is 1. The van der Waals surface area contributed by atoms with Gasteiger partial charge in [0, 0.05) is 7.11 Å². The molecule has 7 heteroatoms. The van der Waals surface area contributed by atoms with Crippen LogP contribution >= 0.6 is 0 Å². The molecule has 0 aliphatic heterocycles. The maximum Gasteiger partial charge on any atom is 0.490 e. The molecule has 0 heterocycles. The minimum absolute atomic E-state index is 0.292. The van der Waals surface area contributed by atoms with E-state index in [1.54, 1.807) is 19.2 Å². The van der Waals surface area contributed by atoms with Gasteiger partial charge in [-0.25, -0.2) is 4.79 Å². The third-order valence-corrected chi connectivity index (χ3v) is 1.49. The van der Waals surface area contributed by atoms with Crippen molar-refractivity contribution in [3.8, 4) is 5.75 Å². The number of ether oxygens (including phenoxy) is 1. The number of rotatable bonds is 2. The zero-order chi connectivity index (χ0) is 13.5. The highest BCUT2D eigenvalue weighted by molar-refractivity contribution is 5.73. The van der Waals surface area contributed by atoms with Gasteiger partial charge < -0.3 is 14.9 Å². The standard InChI is InChI=1S/C8H10O2.C2HF3O2/c1-10-6-7-2-4-8(9)5-3-7;3-2(4,5)1(6)7/h2-5,9H,6H2,1H3;(H,6,7). The minimum Gasteiger partial charge on any atom is -0.508 e. The SMILES string of the molecule is COCc1ccc(O)cc1.O=C(O)C(F)(F)F. The summed E-state index contributed by atoms with van der Waals surface area (Å²) < 4.78 is 36.6. The van der Waals surface area contributed by atoms with Crippen molar-refractivity contribution in [2.45, 2.75) is 12.8 Å². The van der Waals surface area contributed by atoms with Crippen molar-refractivity contribution >= 4 is 5.97 Å². The van der Waals surface area contributed by atoms with Crippen LogP contribution in [0.15, 0.2) is 24.3 Å². The zero-order valence-corrected chi connectivity index (χ0v) is 8.86. The van der Waals surface area contributed by atoms with E-state index in [-0.39, 0.29) is 0 Å². The van der Waals surface area contributed by atoms with Crippen molar-refractivity contribution in [1.82, 2.24) is 0 Å². The number of hydrogen-bond donors (Lipinski definition) is 2. The summed E-state index contributed by atoms with van der Waals surface area (Å²) in [6.45, 7) is 0.597. The van der Waals surface area contributed by atoms with Gasteiger partial charge in [-0.2, -0.15) is 13.2 Å². The number of aromatic hydroxyl groups is 1. The predicted octanol–water partition coefficient (Wildman–Crippen LogP) is 2.17. The first-order valence-corrected chi connectivity index (χ1v) is 4.34. The maximum absolute atomic E-state index is 10.6. The molecule has 2 N–H and O–H groups in total. The van der Waals surface area contributed by atoms with Crippen LogP contribution in [-0.4, -0.2) is 29.5 Å². The van der Waals surface area contributed by atoms with Gasteiger partial charge in [-0.3, -0.25) is 0 Å². The molecule has 1 rings (SSSR count). The molecular formula is C10H11F3O4. The lowest BCUT2D eigenvalue weighted by Gasteiger charge is -1.97. The molecule has 0 amide bonds. The van der Waals surface area contributed by atoms with Gasteiger partial charge in [0.25, 0.3) is 0 Å². The van der Waals surface area contributed by atoms with Crippen LogP contribution in [0.1, 0.15) is 5.56 Å². The summed E-state index contributed by atoms with van der Waals surface area (Å²) in [5.41, 5.74) is 1.07. The normalized spacial score (nSPS) is 10.4. The van der Waals surface area contributed by atoms with Gasteiger partial charge in [0.15, 0.2) is 0 Å². The summed E-state index contributed by atoms with van der Waals surface area (Å²) in [6.07, 6.45) is -5.08. The van der Waals surface area contributed by atoms with E-state index in [1.165, 1.54) is 0 Å². The second kappa shape index (κ2) is 6.74. The van der Waals surface area contributed by atoms with Gasteiger partial charge in [-0.15, -0.1) is 0 Å². The Balaban J connectivity index is 0.000000325. The molecule has 0 radical (unpaired) electrons. The van der Waals surface area contributed by atoms with Crippen molar-refractivity contribution in [3.63, 3.8) is 0 Å². The van der Waals surface area contributed by atoms with E-state index < -0.39 is 12.1 Å². The Morgan fingerprint density at radius 1 is 1.29 bits per heavy atom. The number of carboxylic acid groups (broad SMARTS) is 1. The molecule has 0 saturated carbocycles. The molecule has 0 aliphatic carbocycles. The first-order valence-electron chi connectivity index (χ1n) is 4.34. The van der Waals surface area contributed by atoms with Gasteiger partial charge in [-0.1, -0.05) is 12.1 Å². The zero-order valence-electron chi connectivity index (χ0n) is 8.86. The first-order chi connectivity index (χ1) is 7.77. The molecular weight excluding hydrogens is 241 g/mol. The summed E-state index contributed by atoms with van der Waals surface area (Å²) in [6, 6.07) is 6.96. The molecule has 0 atom stereocenters. The quantitative estimate of drug-likeness (QED) is 0.846. The van der Waals surface area contributed by atoms with Crippen molar-refractivity contribution in [2.24, 2.45) is 0 Å². The Morgan fingerprint density at radius 3 is 2.00 bits per heavy atom. The number of phenols is 1. The molecule has 1 aromatic rings. The van der Waals surface area contributed by atoms with Gasteiger partial charge >= 0.3 is 12.1 Å². The number of carbonyl (C=O) groups is 1. The Morgan fingerprint density at radius 2 is 1.71 bits per heavy atom. The lowest BCUT2D eigenvalue weighted by molar-refractivity contribution is -0.192. The fourth-order valence-electron chi connectivity index (χ4n) is 0.759. The molecule has 0 aromatic heterocycles. The van der Waals surface area contributed by atoms with Crippen molar-refractivity contribution in [1.29, 1.82) is 0 Å². The van der Waals surface area contributed by atoms with Crippen LogP contribution < -0.4 is 0 Å². The Hall–Kier alpha value is -1.76. The van der Waals surface area contributed by atoms with Crippen LogP contribution in [0, 0.1) is 0 Å². The third-order valence-electron chi connectivity index (χ3n) is 1.49. The van der Waals surface area contributed by atoms with Gasteiger partial charge in [-0.05, 0) is 17.7 Å². The van der Waals surface area contributed by atoms with E-state index in [0.717, 1.165) is 5.56 Å². The molecule has 0 spiro atoms. The molecule has 96 valence electrons. The summed E-state index contributed by atoms with van der Waals surface area (Å²) in [5, 5.41) is 16.0. The smallest absolute Gasteiger partial charge is 0.490 e. The van der Waals surface area contributed by atoms with Crippen LogP contribution in [0.2, 0.25) is 0 Å². The van der Waals surface area contributed by atoms with Crippen LogP contribution in [0.5, 0.6) is 5.75 Å². The number of hydrogen-bond acceptors (Lipinski definition) is 3. The molecule has 1 aromatic carbocycles. The maximum atomic E-state index is 10.6. The van der Waals surface area contributed by atoms with E-state index in [4.69, 9.17) is 19.7 Å². The number of alkyl halides is 3. The average Bonchev–Trinajstić information content (AvgIpc) is 2.21. The third kappa shape index (κ3) is 7.18. The van der Waals surface area contributed by atoms with Crippen LogP contribution in [0.25, 0.3) is 0 Å². The second-order valence-electron chi connectivity index (χ2n) is 2.90. The molecule has 17 heavy (non-hydrogen) atoms. The van der Waals surface area contributed by atoms with Gasteiger partial charge in [0.1, 0.15) is 5.75 Å². The Labute approximate surface area is 95.3 Å². The van der Waals surface area contributed by atoms with Crippen LogP contribution in [-0.2, 0) is 16.1 Å². The highest BCUT2D eigenvalue weighted by Gasteiger charge is 2.38. The average molecular weight is 252 g/mol. The Kier molecular flexibility index (Phi) is 6.05. The van der Waals surface area contributed by atoms with Gasteiger partial charge in [0.05, 0.1) is 6.61 Å². The topological polar surface area (TPSA) is 66.8 Å². The monoisotopic (exact) mass is 252 g/mol. The first kappa shape index (κ1) is 15.2. The number of benzene rings is 1. The number of methoxy groups -OCH3 is 1. The van der Waals surface area contributed by atoms with Gasteiger partial charge in [0.2, 0.25) is 0 Å². The van der Waals surface area contributed by atoms with Crippen molar-refractivity contribution in [2.75, 3.05) is 7.11 Å². The largest absolute Gasteiger partial charge is 0.508 e. The summed E-state index contributed by atoms with van der Waals surface area (Å²) >= 11 is 0. The fourth-order valence-corrected chi connectivity index (χ4v) is 0.759. The van der Waals surface area contributed by atoms with E-state index in [2.05, 4.69) is 0 Å². The number of halogens is 3. The van der Waals surface area contributed by atoms with E-state index in [1.807, 2.05) is 12.1 Å². The van der Waals surface area contributed by atoms with Crippen LogP contribution in [0.4, 0.5) is 13.2 Å². The lowest BCUT2D eigenvalue weighted by atomic mass is 10.2. The minimum atomic E-state index is -5.08. The highest BCUT2D eigenvalue weighted by Crippen LogP contribution is 2.13. The fraction of sp³-hybridized carbons (Fsp3) is 0.300. The van der Waals surface area contributed by atoms with E-state index in [9.17, 15) is 13.2 Å².